The third-order valence-corrected chi connectivity index (χ3v) is 8.47. The number of sulfone groups is 1. The van der Waals surface area contributed by atoms with Crippen molar-refractivity contribution in [2.75, 3.05) is 25.4 Å². The summed E-state index contributed by atoms with van der Waals surface area (Å²) in [6.07, 6.45) is 0.264. The van der Waals surface area contributed by atoms with Gasteiger partial charge in [-0.25, -0.2) is 12.8 Å². The maximum Gasteiger partial charge on any atom is 0.224 e. The van der Waals surface area contributed by atoms with Crippen molar-refractivity contribution in [3.05, 3.63) is 35.6 Å². The van der Waals surface area contributed by atoms with Crippen LogP contribution in [-0.4, -0.2) is 55.3 Å². The van der Waals surface area contributed by atoms with E-state index in [9.17, 15) is 22.4 Å². The molecule has 0 radical (unpaired) electrons. The van der Waals surface area contributed by atoms with Gasteiger partial charge in [0.25, 0.3) is 0 Å². The highest BCUT2D eigenvalue weighted by atomic mass is 32.2. The fraction of sp³-hybridized carbons (Fsp3) is 0.579. The average Bonchev–Trinajstić information content (AvgIpc) is 2.82. The molecule has 2 heterocycles. The van der Waals surface area contributed by atoms with Gasteiger partial charge in [-0.3, -0.25) is 9.59 Å². The summed E-state index contributed by atoms with van der Waals surface area (Å²) in [5, 5.41) is 2.86. The highest BCUT2D eigenvalue weighted by molar-refractivity contribution is 7.93. The number of hydrogen-bond acceptors (Lipinski definition) is 4. The Morgan fingerprint density at radius 2 is 2.00 bits per heavy atom. The van der Waals surface area contributed by atoms with Gasteiger partial charge >= 0.3 is 0 Å². The summed E-state index contributed by atoms with van der Waals surface area (Å²) >= 11 is 0. The molecule has 3 rings (SSSR count). The number of nitrogens with one attached hydrogen (secondary N) is 1. The molecule has 0 aliphatic carbocycles. The fourth-order valence-corrected chi connectivity index (χ4v) is 6.32. The molecule has 148 valence electrons. The Kier molecular flexibility index (Phi) is 4.82. The minimum absolute atomic E-state index is 0.0376. The van der Waals surface area contributed by atoms with Crippen molar-refractivity contribution in [2.45, 2.75) is 37.4 Å². The maximum atomic E-state index is 13.5. The molecular formula is C19H25FN2O4S. The van der Waals surface area contributed by atoms with Crippen LogP contribution in [0.4, 0.5) is 4.39 Å². The van der Waals surface area contributed by atoms with E-state index in [0.717, 1.165) is 5.56 Å². The lowest BCUT2D eigenvalue weighted by Crippen LogP contribution is -2.69. The summed E-state index contributed by atoms with van der Waals surface area (Å²) in [6.45, 7) is 5.60. The van der Waals surface area contributed by atoms with E-state index < -0.39 is 25.9 Å². The minimum Gasteiger partial charge on any atom is -0.355 e. The van der Waals surface area contributed by atoms with Crippen LogP contribution in [0.2, 0.25) is 0 Å². The van der Waals surface area contributed by atoms with Crippen molar-refractivity contribution in [1.82, 2.24) is 10.2 Å². The first kappa shape index (κ1) is 19.8. The number of hydrogen-bond donors (Lipinski definition) is 1. The minimum atomic E-state index is -3.43. The van der Waals surface area contributed by atoms with Crippen LogP contribution in [0.5, 0.6) is 0 Å². The van der Waals surface area contributed by atoms with Crippen molar-refractivity contribution in [1.29, 1.82) is 0 Å². The molecule has 1 spiro atoms. The van der Waals surface area contributed by atoms with E-state index in [1.54, 1.807) is 12.1 Å². The van der Waals surface area contributed by atoms with Crippen LogP contribution in [0.1, 0.15) is 32.8 Å². The first-order valence-corrected chi connectivity index (χ1v) is 10.7. The number of halogens is 1. The molecular weight excluding hydrogens is 371 g/mol. The summed E-state index contributed by atoms with van der Waals surface area (Å²) in [5.74, 6) is -1.55. The van der Waals surface area contributed by atoms with Crippen LogP contribution in [0.15, 0.2) is 24.3 Å². The molecule has 2 saturated heterocycles. The molecule has 27 heavy (non-hydrogen) atoms. The number of benzene rings is 1. The Morgan fingerprint density at radius 3 is 2.59 bits per heavy atom. The molecule has 2 amide bonds. The van der Waals surface area contributed by atoms with Gasteiger partial charge in [-0.15, -0.1) is 0 Å². The van der Waals surface area contributed by atoms with Crippen LogP contribution < -0.4 is 5.32 Å². The predicted octanol–water partition coefficient (Wildman–Crippen LogP) is 1.26. The molecule has 1 aromatic rings. The molecule has 2 aliphatic heterocycles. The lowest BCUT2D eigenvalue weighted by Gasteiger charge is -2.49. The van der Waals surface area contributed by atoms with E-state index in [2.05, 4.69) is 5.32 Å². The second kappa shape index (κ2) is 6.58. The zero-order chi connectivity index (χ0) is 20.0. The Labute approximate surface area is 159 Å². The van der Waals surface area contributed by atoms with Crippen LogP contribution in [0.3, 0.4) is 0 Å². The van der Waals surface area contributed by atoms with Gasteiger partial charge in [0.15, 0.2) is 9.84 Å². The molecule has 2 aliphatic rings. The van der Waals surface area contributed by atoms with Gasteiger partial charge < -0.3 is 10.2 Å². The Balaban J connectivity index is 1.71. The number of likely N-dealkylation sites (tertiary alicyclic amines) is 1. The first-order valence-electron chi connectivity index (χ1n) is 9.00. The monoisotopic (exact) mass is 396 g/mol. The Hall–Kier alpha value is -1.96. The van der Waals surface area contributed by atoms with Crippen molar-refractivity contribution in [3.8, 4) is 0 Å². The Morgan fingerprint density at radius 1 is 1.33 bits per heavy atom. The molecule has 1 aromatic carbocycles. The number of amides is 2. The number of nitrogens with zero attached hydrogens (tertiary/aromatic N) is 1. The van der Waals surface area contributed by atoms with E-state index in [1.165, 1.54) is 24.0 Å². The standard InChI is InChI=1S/C19H25FN2O4S/c1-13(23)22-11-19(12-22)16(7-8-27(19,25)26)17(24)21-10-18(2,3)14-5-4-6-15(20)9-14/h4-6,9,16H,7-8,10-12H2,1-3H3,(H,21,24). The second-order valence-electron chi connectivity index (χ2n) is 8.21. The van der Waals surface area contributed by atoms with Gasteiger partial charge in [0.2, 0.25) is 11.8 Å². The summed E-state index contributed by atoms with van der Waals surface area (Å²) in [4.78, 5) is 25.8. The molecule has 1 unspecified atom stereocenters. The number of rotatable bonds is 4. The number of carbonyl (C=O) groups excluding carboxylic acids is 2. The molecule has 0 saturated carbocycles. The van der Waals surface area contributed by atoms with E-state index in [0.29, 0.717) is 0 Å². The summed E-state index contributed by atoms with van der Waals surface area (Å²) in [5.41, 5.74) is 0.246. The Bertz CT molecular complexity index is 875. The van der Waals surface area contributed by atoms with Crippen molar-refractivity contribution >= 4 is 21.7 Å². The molecule has 6 nitrogen and oxygen atoms in total. The van der Waals surface area contributed by atoms with E-state index in [-0.39, 0.29) is 49.4 Å². The highest BCUT2D eigenvalue weighted by Gasteiger charge is 2.64. The topological polar surface area (TPSA) is 83.6 Å². The first-order chi connectivity index (χ1) is 12.5. The zero-order valence-electron chi connectivity index (χ0n) is 15.8. The lowest BCUT2D eigenvalue weighted by molar-refractivity contribution is -0.138. The maximum absolute atomic E-state index is 13.5. The van der Waals surface area contributed by atoms with Gasteiger partial charge in [-0.1, -0.05) is 26.0 Å². The van der Waals surface area contributed by atoms with Crippen molar-refractivity contribution < 1.29 is 22.4 Å². The lowest BCUT2D eigenvalue weighted by atomic mass is 9.81. The fourth-order valence-electron chi connectivity index (χ4n) is 4.01. The van der Waals surface area contributed by atoms with Gasteiger partial charge in [0.05, 0.1) is 11.7 Å². The van der Waals surface area contributed by atoms with Gasteiger partial charge in [0, 0.05) is 32.0 Å². The average molecular weight is 396 g/mol. The molecule has 1 N–H and O–H groups in total. The van der Waals surface area contributed by atoms with E-state index in [1.807, 2.05) is 13.8 Å². The van der Waals surface area contributed by atoms with Crippen LogP contribution in [0, 0.1) is 11.7 Å². The summed E-state index contributed by atoms with van der Waals surface area (Å²) in [6, 6.07) is 6.22. The summed E-state index contributed by atoms with van der Waals surface area (Å²) in [7, 11) is -3.43. The van der Waals surface area contributed by atoms with Crippen LogP contribution >= 0.6 is 0 Å². The molecule has 0 aromatic heterocycles. The molecule has 1 atom stereocenters. The van der Waals surface area contributed by atoms with E-state index in [4.69, 9.17) is 0 Å². The third kappa shape index (κ3) is 3.35. The molecule has 8 heteroatoms. The normalized spacial score (nSPS) is 23.1. The highest BCUT2D eigenvalue weighted by Crippen LogP contribution is 2.44. The molecule has 2 fully saturated rings. The van der Waals surface area contributed by atoms with Gasteiger partial charge in [0.1, 0.15) is 10.6 Å². The second-order valence-corrected chi connectivity index (χ2v) is 10.7. The zero-order valence-corrected chi connectivity index (χ0v) is 16.6. The van der Waals surface area contributed by atoms with Crippen LogP contribution in [-0.2, 0) is 24.8 Å². The molecule has 0 bridgehead atoms. The predicted molar refractivity (Wildman–Crippen MR) is 99.3 cm³/mol. The van der Waals surface area contributed by atoms with Crippen LogP contribution in [0.25, 0.3) is 0 Å². The van der Waals surface area contributed by atoms with Crippen molar-refractivity contribution in [3.63, 3.8) is 0 Å². The quantitative estimate of drug-likeness (QED) is 0.830. The van der Waals surface area contributed by atoms with E-state index >= 15 is 0 Å². The largest absolute Gasteiger partial charge is 0.355 e. The SMILES string of the molecule is CC(=O)N1CC2(C1)C(C(=O)NCC(C)(C)c1cccc(F)c1)CCS2(=O)=O. The third-order valence-electron chi connectivity index (χ3n) is 5.92. The number of carbonyl (C=O) groups is 2. The van der Waals surface area contributed by atoms with Crippen molar-refractivity contribution in [2.24, 2.45) is 5.92 Å². The van der Waals surface area contributed by atoms with Gasteiger partial charge in [-0.2, -0.15) is 0 Å². The smallest absolute Gasteiger partial charge is 0.224 e. The van der Waals surface area contributed by atoms with Gasteiger partial charge in [-0.05, 0) is 24.1 Å². The summed E-state index contributed by atoms with van der Waals surface area (Å²) < 4.78 is 37.4.